The fourth-order valence-corrected chi connectivity index (χ4v) is 1.06. The van der Waals surface area contributed by atoms with Gasteiger partial charge in [-0.2, -0.15) is 0 Å². The number of esters is 1. The van der Waals surface area contributed by atoms with Crippen molar-refractivity contribution in [3.05, 3.63) is 0 Å². The van der Waals surface area contributed by atoms with Gasteiger partial charge in [-0.05, 0) is 20.3 Å². The van der Waals surface area contributed by atoms with Crippen molar-refractivity contribution in [2.45, 2.75) is 39.3 Å². The van der Waals surface area contributed by atoms with Crippen LogP contribution in [0.1, 0.15) is 27.2 Å². The number of carbonyl (C=O) groups is 3. The van der Waals surface area contributed by atoms with Gasteiger partial charge in [0.15, 0.2) is 0 Å². The molecule has 0 saturated carbocycles. The lowest BCUT2D eigenvalue weighted by atomic mass is 10.2. The highest BCUT2D eigenvalue weighted by Gasteiger charge is 2.21. The molecule has 0 aliphatic heterocycles. The molecule has 0 aliphatic carbocycles. The van der Waals surface area contributed by atoms with Gasteiger partial charge in [-0.15, -0.1) is 0 Å². The molecule has 0 rings (SSSR count). The molecule has 0 aromatic heterocycles. The summed E-state index contributed by atoms with van der Waals surface area (Å²) < 4.78 is 4.69. The summed E-state index contributed by atoms with van der Waals surface area (Å²) in [5, 5.41) is 13.2. The maximum Gasteiger partial charge on any atom is 0.328 e. The molecule has 0 heterocycles. The van der Waals surface area contributed by atoms with Gasteiger partial charge < -0.3 is 20.5 Å². The molecule has 0 bridgehead atoms. The van der Waals surface area contributed by atoms with Crippen LogP contribution < -0.4 is 10.6 Å². The van der Waals surface area contributed by atoms with E-state index in [0.717, 1.165) is 0 Å². The number of ether oxygens (including phenoxy) is 1. The van der Waals surface area contributed by atoms with E-state index in [9.17, 15) is 14.4 Å². The van der Waals surface area contributed by atoms with Crippen LogP contribution in [0.25, 0.3) is 0 Å². The maximum atomic E-state index is 11.3. The third kappa shape index (κ3) is 5.74. The third-order valence-electron chi connectivity index (χ3n) is 2.00. The van der Waals surface area contributed by atoms with E-state index in [4.69, 9.17) is 5.11 Å². The van der Waals surface area contributed by atoms with Crippen LogP contribution in [0, 0.1) is 0 Å². The van der Waals surface area contributed by atoms with Crippen molar-refractivity contribution in [1.82, 2.24) is 10.6 Å². The quantitative estimate of drug-likeness (QED) is 0.576. The van der Waals surface area contributed by atoms with Gasteiger partial charge in [-0.25, -0.2) is 14.4 Å². The molecule has 2 amide bonds. The highest BCUT2D eigenvalue weighted by Crippen LogP contribution is 1.92. The number of carbonyl (C=O) groups excluding carboxylic acids is 2. The number of amides is 2. The van der Waals surface area contributed by atoms with Gasteiger partial charge in [0.05, 0.1) is 6.61 Å². The molecule has 0 radical (unpaired) electrons. The topological polar surface area (TPSA) is 105 Å². The molecule has 17 heavy (non-hydrogen) atoms. The Morgan fingerprint density at radius 3 is 2.24 bits per heavy atom. The van der Waals surface area contributed by atoms with Crippen LogP contribution in [0.2, 0.25) is 0 Å². The van der Waals surface area contributed by atoms with Gasteiger partial charge in [0, 0.05) is 0 Å². The minimum atomic E-state index is -1.12. The zero-order valence-electron chi connectivity index (χ0n) is 10.1. The zero-order chi connectivity index (χ0) is 13.4. The number of hydrogen-bond acceptors (Lipinski definition) is 4. The maximum absolute atomic E-state index is 11.3. The average molecular weight is 246 g/mol. The summed E-state index contributed by atoms with van der Waals surface area (Å²) in [5.41, 5.74) is 0. The van der Waals surface area contributed by atoms with Crippen LogP contribution in [0.15, 0.2) is 0 Å². The molecule has 2 atom stereocenters. The van der Waals surface area contributed by atoms with Crippen molar-refractivity contribution in [2.75, 3.05) is 6.61 Å². The Kier molecular flexibility index (Phi) is 6.69. The molecular weight excluding hydrogens is 228 g/mol. The Bertz CT molecular complexity index is 292. The van der Waals surface area contributed by atoms with Gasteiger partial charge in [0.2, 0.25) is 0 Å². The van der Waals surface area contributed by atoms with Crippen molar-refractivity contribution in [1.29, 1.82) is 0 Å². The first-order valence-corrected chi connectivity index (χ1v) is 5.38. The molecule has 0 fully saturated rings. The summed E-state index contributed by atoms with van der Waals surface area (Å²) in [6.07, 6.45) is 0.260. The van der Waals surface area contributed by atoms with Crippen LogP contribution in [-0.2, 0) is 14.3 Å². The average Bonchev–Trinajstić information content (AvgIpc) is 2.25. The fraction of sp³-hybridized carbons (Fsp3) is 0.700. The summed E-state index contributed by atoms with van der Waals surface area (Å²) in [6.45, 7) is 4.97. The van der Waals surface area contributed by atoms with Crippen LogP contribution >= 0.6 is 0 Å². The monoisotopic (exact) mass is 246 g/mol. The van der Waals surface area contributed by atoms with Crippen LogP contribution in [0.4, 0.5) is 4.79 Å². The number of carboxylic acid groups (broad SMARTS) is 1. The Morgan fingerprint density at radius 1 is 1.24 bits per heavy atom. The number of nitrogens with one attached hydrogen (secondary N) is 2. The van der Waals surface area contributed by atoms with E-state index in [1.54, 1.807) is 13.8 Å². The largest absolute Gasteiger partial charge is 0.480 e. The van der Waals surface area contributed by atoms with E-state index in [-0.39, 0.29) is 13.0 Å². The van der Waals surface area contributed by atoms with Crippen LogP contribution in [-0.4, -0.2) is 41.8 Å². The smallest absolute Gasteiger partial charge is 0.328 e. The normalized spacial score (nSPS) is 13.4. The summed E-state index contributed by atoms with van der Waals surface area (Å²) in [7, 11) is 0. The molecule has 2 unspecified atom stereocenters. The van der Waals surface area contributed by atoms with E-state index >= 15 is 0 Å². The molecule has 98 valence electrons. The minimum absolute atomic E-state index is 0.221. The summed E-state index contributed by atoms with van der Waals surface area (Å²) in [4.78, 5) is 33.2. The van der Waals surface area contributed by atoms with Crippen LogP contribution in [0.3, 0.4) is 0 Å². The molecule has 7 heteroatoms. The molecule has 0 spiro atoms. The Morgan fingerprint density at radius 2 is 1.82 bits per heavy atom. The second-order valence-electron chi connectivity index (χ2n) is 3.39. The molecule has 0 aromatic rings. The Hall–Kier alpha value is -1.79. The zero-order valence-corrected chi connectivity index (χ0v) is 10.1. The number of aliphatic carboxylic acids is 1. The van der Waals surface area contributed by atoms with Crippen molar-refractivity contribution in [3.8, 4) is 0 Å². The lowest BCUT2D eigenvalue weighted by Gasteiger charge is -2.16. The number of hydrogen-bond donors (Lipinski definition) is 3. The molecule has 0 saturated heterocycles. The molecule has 3 N–H and O–H groups in total. The van der Waals surface area contributed by atoms with Crippen molar-refractivity contribution in [2.24, 2.45) is 0 Å². The fourth-order valence-electron chi connectivity index (χ4n) is 1.06. The molecule has 0 aromatic carbocycles. The van der Waals surface area contributed by atoms with E-state index < -0.39 is 30.1 Å². The van der Waals surface area contributed by atoms with Crippen molar-refractivity contribution in [3.63, 3.8) is 0 Å². The van der Waals surface area contributed by atoms with E-state index in [0.29, 0.717) is 0 Å². The number of rotatable bonds is 6. The highest BCUT2D eigenvalue weighted by atomic mass is 16.5. The van der Waals surface area contributed by atoms with Crippen molar-refractivity contribution >= 4 is 18.0 Å². The summed E-state index contributed by atoms with van der Waals surface area (Å²) >= 11 is 0. The predicted octanol–water partition coefficient (Wildman–Crippen LogP) is 0.100. The van der Waals surface area contributed by atoms with E-state index in [1.165, 1.54) is 6.92 Å². The third-order valence-corrected chi connectivity index (χ3v) is 2.00. The first-order chi connectivity index (χ1) is 7.92. The number of urea groups is 1. The first kappa shape index (κ1) is 15.2. The summed E-state index contributed by atoms with van der Waals surface area (Å²) in [6, 6.07) is -2.49. The molecule has 0 aliphatic rings. The Labute approximate surface area is 99.5 Å². The van der Waals surface area contributed by atoms with Gasteiger partial charge in [0.1, 0.15) is 12.1 Å². The van der Waals surface area contributed by atoms with Crippen LogP contribution in [0.5, 0.6) is 0 Å². The SMILES string of the molecule is CCOC(=O)C(C)NC(=O)NC(CC)C(=O)O. The lowest BCUT2D eigenvalue weighted by Crippen LogP contribution is -2.50. The lowest BCUT2D eigenvalue weighted by molar-refractivity contribution is -0.144. The standard InChI is InChI=1S/C10H18N2O5/c1-4-7(8(13)14)12-10(16)11-6(3)9(15)17-5-2/h6-7H,4-5H2,1-3H3,(H,13,14)(H2,11,12,16). The highest BCUT2D eigenvalue weighted by molar-refractivity contribution is 5.86. The second-order valence-corrected chi connectivity index (χ2v) is 3.39. The second kappa shape index (κ2) is 7.48. The van der Waals surface area contributed by atoms with E-state index in [2.05, 4.69) is 15.4 Å². The number of carboxylic acids is 1. The van der Waals surface area contributed by atoms with Gasteiger partial charge in [-0.3, -0.25) is 0 Å². The van der Waals surface area contributed by atoms with Gasteiger partial charge in [-0.1, -0.05) is 6.92 Å². The predicted molar refractivity (Wildman–Crippen MR) is 59.5 cm³/mol. The molecule has 7 nitrogen and oxygen atoms in total. The van der Waals surface area contributed by atoms with Gasteiger partial charge in [0.25, 0.3) is 0 Å². The first-order valence-electron chi connectivity index (χ1n) is 5.38. The minimum Gasteiger partial charge on any atom is -0.480 e. The molecular formula is C10H18N2O5. The van der Waals surface area contributed by atoms with Crippen molar-refractivity contribution < 1.29 is 24.2 Å². The van der Waals surface area contributed by atoms with Gasteiger partial charge >= 0.3 is 18.0 Å². The van der Waals surface area contributed by atoms with E-state index in [1.807, 2.05) is 0 Å². The summed E-state index contributed by atoms with van der Waals surface area (Å²) in [5.74, 6) is -1.68. The Balaban J connectivity index is 4.17.